The Hall–Kier alpha value is -3.20. The lowest BCUT2D eigenvalue weighted by Crippen LogP contribution is -2.38. The second-order valence-corrected chi connectivity index (χ2v) is 11.8. The number of amides is 2. The fourth-order valence-electron chi connectivity index (χ4n) is 5.80. The highest BCUT2D eigenvalue weighted by molar-refractivity contribution is 7.10. The Balaban J connectivity index is 1.17. The number of hydrogen-bond acceptors (Lipinski definition) is 4. The van der Waals surface area contributed by atoms with Gasteiger partial charge in [-0.15, -0.1) is 11.3 Å². The fourth-order valence-corrected chi connectivity index (χ4v) is 6.78. The molecular weight excluding hydrogens is 535 g/mol. The van der Waals surface area contributed by atoms with Crippen LogP contribution in [0.1, 0.15) is 78.3 Å². The second kappa shape index (κ2) is 12.5. The Labute approximate surface area is 236 Å². The highest BCUT2D eigenvalue weighted by Gasteiger charge is 2.28. The van der Waals surface area contributed by atoms with E-state index in [0.717, 1.165) is 48.8 Å². The Morgan fingerprint density at radius 2 is 1.68 bits per heavy atom. The van der Waals surface area contributed by atoms with E-state index in [9.17, 15) is 22.8 Å². The predicted molar refractivity (Wildman–Crippen MR) is 151 cm³/mol. The maximum atomic E-state index is 13.1. The third kappa shape index (κ3) is 7.30. The van der Waals surface area contributed by atoms with Crippen LogP contribution in [0.4, 0.5) is 18.9 Å². The summed E-state index contributed by atoms with van der Waals surface area (Å²) in [4.78, 5) is 32.4. The number of thiazole rings is 1. The number of piperidine rings is 1. The van der Waals surface area contributed by atoms with Crippen LogP contribution in [0.3, 0.4) is 0 Å². The van der Waals surface area contributed by atoms with Crippen LogP contribution in [0.5, 0.6) is 0 Å². The number of likely N-dealkylation sites (tertiary alicyclic amines) is 1. The third-order valence-corrected chi connectivity index (χ3v) is 9.04. The Morgan fingerprint density at radius 3 is 2.38 bits per heavy atom. The highest BCUT2D eigenvalue weighted by atomic mass is 32.1. The van der Waals surface area contributed by atoms with Gasteiger partial charge in [-0.3, -0.25) is 9.59 Å². The molecule has 0 unspecified atom stereocenters. The van der Waals surface area contributed by atoms with E-state index in [0.29, 0.717) is 23.4 Å². The maximum Gasteiger partial charge on any atom is 0.393 e. The molecule has 2 fully saturated rings. The van der Waals surface area contributed by atoms with Crippen molar-refractivity contribution < 1.29 is 22.8 Å². The zero-order valence-electron chi connectivity index (χ0n) is 22.4. The number of hydrogen-bond donors (Lipinski definition) is 1. The summed E-state index contributed by atoms with van der Waals surface area (Å²) in [6.45, 7) is 1.45. The number of benzene rings is 2. The summed E-state index contributed by atoms with van der Waals surface area (Å²) in [7, 11) is 0. The number of para-hydroxylation sites is 1. The molecule has 1 aliphatic heterocycles. The van der Waals surface area contributed by atoms with E-state index in [4.69, 9.17) is 0 Å². The minimum absolute atomic E-state index is 0.187. The van der Waals surface area contributed by atoms with Gasteiger partial charge in [0.05, 0.1) is 11.4 Å². The average Bonchev–Trinajstić information content (AvgIpc) is 3.65. The van der Waals surface area contributed by atoms with Crippen molar-refractivity contribution in [3.05, 3.63) is 70.2 Å². The fraction of sp³-hybridized carbons (Fsp3) is 0.452. The van der Waals surface area contributed by atoms with Crippen molar-refractivity contribution in [3.8, 4) is 11.1 Å². The number of alkyl halides is 3. The van der Waals surface area contributed by atoms with Crippen LogP contribution in [0.2, 0.25) is 0 Å². The van der Waals surface area contributed by atoms with Gasteiger partial charge in [0, 0.05) is 42.1 Å². The first-order chi connectivity index (χ1) is 19.2. The van der Waals surface area contributed by atoms with Crippen LogP contribution >= 0.6 is 11.3 Å². The molecule has 1 aliphatic carbocycles. The van der Waals surface area contributed by atoms with Gasteiger partial charge in [0.2, 0.25) is 5.91 Å². The molecule has 0 atom stereocenters. The van der Waals surface area contributed by atoms with Crippen LogP contribution in [-0.2, 0) is 11.2 Å². The number of carbonyl (C=O) groups excluding carboxylic acids is 2. The van der Waals surface area contributed by atoms with Crippen molar-refractivity contribution in [2.75, 3.05) is 18.4 Å². The zero-order valence-corrected chi connectivity index (χ0v) is 23.2. The van der Waals surface area contributed by atoms with Crippen LogP contribution in [-0.4, -0.2) is 41.0 Å². The quantitative estimate of drug-likeness (QED) is 0.301. The molecule has 0 radical (unpaired) electrons. The summed E-state index contributed by atoms with van der Waals surface area (Å²) in [5, 5.41) is 5.60. The van der Waals surface area contributed by atoms with Gasteiger partial charge >= 0.3 is 6.18 Å². The van der Waals surface area contributed by atoms with Crippen molar-refractivity contribution in [2.45, 2.75) is 69.9 Å². The largest absolute Gasteiger partial charge is 0.393 e. The summed E-state index contributed by atoms with van der Waals surface area (Å²) in [6.07, 6.45) is 3.23. The average molecular weight is 570 g/mol. The molecule has 0 bridgehead atoms. The number of anilines is 1. The van der Waals surface area contributed by atoms with Gasteiger partial charge in [-0.1, -0.05) is 68.1 Å². The molecule has 40 heavy (non-hydrogen) atoms. The Bertz CT molecular complexity index is 1310. The van der Waals surface area contributed by atoms with Gasteiger partial charge in [-0.05, 0) is 42.4 Å². The lowest BCUT2D eigenvalue weighted by atomic mass is 9.96. The first-order valence-electron chi connectivity index (χ1n) is 14.0. The minimum atomic E-state index is -4.26. The standard InChI is InChI=1S/C31H34F3N3O2S/c32-31(33,34)19-22-9-12-23(13-10-22)25-7-3-4-8-26(25)35-29(39)27-20-40-30(36-27)24-15-17-37(18-16-24)28(38)14-11-21-5-1-2-6-21/h3-4,7-10,12-13,20-21,24H,1-2,5-6,11,14-19H2,(H,35,39). The van der Waals surface area contributed by atoms with E-state index >= 15 is 0 Å². The van der Waals surface area contributed by atoms with Crippen LogP contribution in [0.25, 0.3) is 11.1 Å². The van der Waals surface area contributed by atoms with Gasteiger partial charge < -0.3 is 10.2 Å². The molecule has 1 N–H and O–H groups in total. The molecule has 9 heteroatoms. The van der Waals surface area contributed by atoms with Crippen LogP contribution in [0.15, 0.2) is 53.9 Å². The number of aromatic nitrogens is 1. The normalized spacial score (nSPS) is 16.8. The Kier molecular flexibility index (Phi) is 8.88. The molecule has 5 nitrogen and oxygen atoms in total. The first kappa shape index (κ1) is 28.3. The minimum Gasteiger partial charge on any atom is -0.343 e. The molecule has 2 heterocycles. The predicted octanol–water partition coefficient (Wildman–Crippen LogP) is 7.84. The number of rotatable bonds is 8. The number of nitrogens with zero attached hydrogens (tertiary/aromatic N) is 2. The molecule has 1 saturated carbocycles. The monoisotopic (exact) mass is 569 g/mol. The molecular formula is C31H34F3N3O2S. The Morgan fingerprint density at radius 1 is 0.975 bits per heavy atom. The molecule has 2 aromatic carbocycles. The van der Waals surface area contributed by atoms with Crippen molar-refractivity contribution in [1.82, 2.24) is 9.88 Å². The summed E-state index contributed by atoms with van der Waals surface area (Å²) in [5.74, 6) is 0.881. The summed E-state index contributed by atoms with van der Waals surface area (Å²) < 4.78 is 38.1. The number of halogens is 3. The third-order valence-electron chi connectivity index (χ3n) is 8.04. The van der Waals surface area contributed by atoms with Crippen molar-refractivity contribution in [3.63, 3.8) is 0 Å². The number of carbonyl (C=O) groups is 2. The van der Waals surface area contributed by atoms with E-state index < -0.39 is 12.6 Å². The van der Waals surface area contributed by atoms with E-state index in [2.05, 4.69) is 10.3 Å². The van der Waals surface area contributed by atoms with Gasteiger partial charge in [0.15, 0.2) is 0 Å². The molecule has 3 aromatic rings. The molecule has 2 amide bonds. The molecule has 2 aliphatic rings. The molecule has 5 rings (SSSR count). The smallest absolute Gasteiger partial charge is 0.343 e. The van der Waals surface area contributed by atoms with Gasteiger partial charge in [0.1, 0.15) is 5.69 Å². The van der Waals surface area contributed by atoms with Crippen molar-refractivity contribution >= 4 is 28.8 Å². The summed E-state index contributed by atoms with van der Waals surface area (Å²) >= 11 is 1.47. The van der Waals surface area contributed by atoms with Crippen molar-refractivity contribution in [2.24, 2.45) is 5.92 Å². The van der Waals surface area contributed by atoms with E-state index in [1.54, 1.807) is 29.6 Å². The topological polar surface area (TPSA) is 62.3 Å². The summed E-state index contributed by atoms with van der Waals surface area (Å²) in [6, 6.07) is 13.4. The van der Waals surface area contributed by atoms with Crippen molar-refractivity contribution in [1.29, 1.82) is 0 Å². The highest BCUT2D eigenvalue weighted by Crippen LogP contribution is 2.33. The summed E-state index contributed by atoms with van der Waals surface area (Å²) in [5.41, 5.74) is 2.52. The lowest BCUT2D eigenvalue weighted by molar-refractivity contribution is -0.132. The second-order valence-electron chi connectivity index (χ2n) is 10.9. The van der Waals surface area contributed by atoms with Gasteiger partial charge in [-0.2, -0.15) is 13.2 Å². The lowest BCUT2D eigenvalue weighted by Gasteiger charge is -2.31. The van der Waals surface area contributed by atoms with Gasteiger partial charge in [0.25, 0.3) is 5.91 Å². The van der Waals surface area contributed by atoms with E-state index in [1.807, 2.05) is 17.0 Å². The molecule has 212 valence electrons. The van der Waals surface area contributed by atoms with E-state index in [1.165, 1.54) is 49.2 Å². The van der Waals surface area contributed by atoms with Crippen LogP contribution < -0.4 is 5.32 Å². The number of nitrogens with one attached hydrogen (secondary N) is 1. The SMILES string of the molecule is O=C(Nc1ccccc1-c1ccc(CC(F)(F)F)cc1)c1csc(C2CCN(C(=O)CCC3CCCC3)CC2)n1. The first-order valence-corrected chi connectivity index (χ1v) is 14.9. The zero-order chi connectivity index (χ0) is 28.1. The van der Waals surface area contributed by atoms with E-state index in [-0.39, 0.29) is 23.3 Å². The molecule has 1 aromatic heterocycles. The van der Waals surface area contributed by atoms with Crippen LogP contribution in [0, 0.1) is 5.92 Å². The maximum absolute atomic E-state index is 13.1. The molecule has 0 spiro atoms. The molecule has 1 saturated heterocycles. The van der Waals surface area contributed by atoms with Gasteiger partial charge in [-0.25, -0.2) is 4.98 Å².